The van der Waals surface area contributed by atoms with Gasteiger partial charge in [-0.05, 0) is 26.2 Å². The minimum absolute atomic E-state index is 0.0147. The molecule has 2 aliphatic heterocycles. The van der Waals surface area contributed by atoms with Gasteiger partial charge in [-0.1, -0.05) is 11.3 Å². The van der Waals surface area contributed by atoms with Crippen molar-refractivity contribution in [2.45, 2.75) is 58.0 Å². The van der Waals surface area contributed by atoms with E-state index in [1.807, 2.05) is 17.2 Å². The van der Waals surface area contributed by atoms with Crippen LogP contribution in [0.4, 0.5) is 0 Å². The average Bonchev–Trinajstić information content (AvgIpc) is 3.30. The van der Waals surface area contributed by atoms with Crippen molar-refractivity contribution in [3.8, 4) is 0 Å². The molecule has 2 aromatic heterocycles. The third-order valence-electron chi connectivity index (χ3n) is 5.30. The van der Waals surface area contributed by atoms with Crippen LogP contribution in [0.15, 0.2) is 10.2 Å². The number of fused-ring (bicyclic) bond motifs is 1. The van der Waals surface area contributed by atoms with E-state index >= 15 is 0 Å². The van der Waals surface area contributed by atoms with Gasteiger partial charge in [-0.15, -0.1) is 10.2 Å². The molecule has 0 bridgehead atoms. The summed E-state index contributed by atoms with van der Waals surface area (Å²) in [7, 11) is 0. The van der Waals surface area contributed by atoms with Gasteiger partial charge in [0.1, 0.15) is 11.6 Å². The number of thiazole rings is 1. The summed E-state index contributed by atoms with van der Waals surface area (Å²) in [5, 5.41) is 10.5. The number of nitrogens with zero attached hydrogens (tertiary/aromatic N) is 5. The Kier molecular flexibility index (Phi) is 4.45. The number of likely N-dealkylation sites (tertiary alicyclic amines) is 1. The first-order valence-electron chi connectivity index (χ1n) is 8.98. The average molecular weight is 361 g/mol. The molecule has 0 aliphatic carbocycles. The minimum Gasteiger partial charge on any atom is -0.342 e. The fourth-order valence-electron chi connectivity index (χ4n) is 3.93. The molecular weight excluding hydrogens is 338 g/mol. The lowest BCUT2D eigenvalue weighted by atomic mass is 9.97. The summed E-state index contributed by atoms with van der Waals surface area (Å²) in [6, 6.07) is 0. The predicted molar refractivity (Wildman–Crippen MR) is 94.8 cm³/mol. The number of carbonyl (C=O) groups excluding carboxylic acids is 1. The number of hydrogen-bond acceptors (Lipinski definition) is 5. The molecule has 0 aromatic carbocycles. The fourth-order valence-corrected chi connectivity index (χ4v) is 4.69. The number of rotatable bonds is 4. The van der Waals surface area contributed by atoms with Gasteiger partial charge in [0.05, 0.1) is 0 Å². The van der Waals surface area contributed by atoms with Gasteiger partial charge in [0, 0.05) is 56.0 Å². The van der Waals surface area contributed by atoms with E-state index in [0.717, 1.165) is 56.1 Å². The van der Waals surface area contributed by atoms with Crippen molar-refractivity contribution in [2.24, 2.45) is 0 Å². The van der Waals surface area contributed by atoms with E-state index in [4.69, 9.17) is 0 Å². The van der Waals surface area contributed by atoms with Crippen LogP contribution in [0.5, 0.6) is 0 Å². The Morgan fingerprint density at radius 2 is 2.20 bits per heavy atom. The Hall–Kier alpha value is -1.96. The molecule has 4 rings (SSSR count). The minimum atomic E-state index is 0.0147. The lowest BCUT2D eigenvalue weighted by Gasteiger charge is -2.32. The maximum atomic E-state index is 12.6. The summed E-state index contributed by atoms with van der Waals surface area (Å²) in [4.78, 5) is 26.4. The molecule has 2 aliphatic rings. The fraction of sp³-hybridized carbons (Fsp3) is 0.647. The van der Waals surface area contributed by atoms with Gasteiger partial charge in [0.15, 0.2) is 0 Å². The zero-order valence-electron chi connectivity index (χ0n) is 14.5. The van der Waals surface area contributed by atoms with E-state index in [9.17, 15) is 9.59 Å². The van der Waals surface area contributed by atoms with Crippen LogP contribution in [-0.4, -0.2) is 43.2 Å². The summed E-state index contributed by atoms with van der Waals surface area (Å²) >= 11 is 1.19. The van der Waals surface area contributed by atoms with Crippen LogP contribution in [-0.2, 0) is 24.3 Å². The number of aromatic nitrogens is 4. The van der Waals surface area contributed by atoms with E-state index in [-0.39, 0.29) is 16.7 Å². The van der Waals surface area contributed by atoms with E-state index < -0.39 is 0 Å². The van der Waals surface area contributed by atoms with E-state index in [2.05, 4.69) is 14.8 Å². The number of piperidine rings is 1. The van der Waals surface area contributed by atoms with Crippen molar-refractivity contribution in [3.63, 3.8) is 0 Å². The van der Waals surface area contributed by atoms with Crippen molar-refractivity contribution < 1.29 is 4.79 Å². The molecule has 0 unspecified atom stereocenters. The van der Waals surface area contributed by atoms with E-state index in [1.165, 1.54) is 11.3 Å². The summed E-state index contributed by atoms with van der Waals surface area (Å²) in [6.07, 6.45) is 4.59. The highest BCUT2D eigenvalue weighted by molar-refractivity contribution is 7.07. The highest BCUT2D eigenvalue weighted by Crippen LogP contribution is 2.28. The van der Waals surface area contributed by atoms with Gasteiger partial charge in [-0.25, -0.2) is 0 Å². The second-order valence-corrected chi connectivity index (χ2v) is 7.77. The monoisotopic (exact) mass is 361 g/mol. The molecule has 4 heterocycles. The van der Waals surface area contributed by atoms with Crippen molar-refractivity contribution in [2.75, 3.05) is 13.1 Å². The Morgan fingerprint density at radius 3 is 3.00 bits per heavy atom. The standard InChI is InChI=1S/C17H23N5O2S/c1-12-11-25-17(24)21(12)9-6-15(23)20-7-2-4-13(10-20)16-19-18-14-5-3-8-22(14)16/h11,13H,2-10H2,1H3/t13-/m1/s1. The molecule has 0 N–H and O–H groups in total. The van der Waals surface area contributed by atoms with E-state index in [1.54, 1.807) is 4.57 Å². The summed E-state index contributed by atoms with van der Waals surface area (Å²) < 4.78 is 3.93. The third-order valence-corrected chi connectivity index (χ3v) is 6.18. The lowest BCUT2D eigenvalue weighted by molar-refractivity contribution is -0.132. The summed E-state index contributed by atoms with van der Waals surface area (Å²) in [5.74, 6) is 2.55. The quantitative estimate of drug-likeness (QED) is 0.828. The van der Waals surface area contributed by atoms with Crippen LogP contribution in [0, 0.1) is 6.92 Å². The number of carbonyl (C=O) groups is 1. The molecule has 0 saturated carbocycles. The molecule has 7 nitrogen and oxygen atoms in total. The molecule has 1 amide bonds. The van der Waals surface area contributed by atoms with Gasteiger partial charge in [-0.3, -0.25) is 9.59 Å². The first-order chi connectivity index (χ1) is 12.1. The molecule has 25 heavy (non-hydrogen) atoms. The molecule has 0 radical (unpaired) electrons. The van der Waals surface area contributed by atoms with Crippen LogP contribution >= 0.6 is 11.3 Å². The van der Waals surface area contributed by atoms with Crippen LogP contribution in [0.25, 0.3) is 0 Å². The Bertz CT molecular complexity index is 836. The molecule has 8 heteroatoms. The molecule has 0 spiro atoms. The molecule has 1 saturated heterocycles. The van der Waals surface area contributed by atoms with Crippen molar-refractivity contribution in [1.29, 1.82) is 0 Å². The SMILES string of the molecule is Cc1csc(=O)n1CCC(=O)N1CCC[C@@H](c2nnc3n2CCC3)C1. The Morgan fingerprint density at radius 1 is 1.32 bits per heavy atom. The predicted octanol–water partition coefficient (Wildman–Crippen LogP) is 1.55. The highest BCUT2D eigenvalue weighted by atomic mass is 32.1. The summed E-state index contributed by atoms with van der Waals surface area (Å²) in [5.41, 5.74) is 0.929. The molecule has 1 atom stereocenters. The van der Waals surface area contributed by atoms with Crippen LogP contribution < -0.4 is 4.87 Å². The van der Waals surface area contributed by atoms with Crippen molar-refractivity contribution >= 4 is 17.2 Å². The molecule has 2 aromatic rings. The summed E-state index contributed by atoms with van der Waals surface area (Å²) in [6.45, 7) is 4.89. The zero-order valence-corrected chi connectivity index (χ0v) is 15.3. The lowest BCUT2D eigenvalue weighted by Crippen LogP contribution is -2.40. The largest absolute Gasteiger partial charge is 0.342 e. The number of hydrogen-bond donors (Lipinski definition) is 0. The molecule has 134 valence electrons. The van der Waals surface area contributed by atoms with E-state index in [0.29, 0.717) is 19.5 Å². The van der Waals surface area contributed by atoms with Crippen LogP contribution in [0.1, 0.15) is 48.9 Å². The maximum absolute atomic E-state index is 12.6. The molecule has 1 fully saturated rings. The van der Waals surface area contributed by atoms with Gasteiger partial charge in [-0.2, -0.15) is 0 Å². The Balaban J connectivity index is 1.40. The van der Waals surface area contributed by atoms with Crippen LogP contribution in [0.2, 0.25) is 0 Å². The first-order valence-corrected chi connectivity index (χ1v) is 9.86. The number of amides is 1. The van der Waals surface area contributed by atoms with Crippen LogP contribution in [0.3, 0.4) is 0 Å². The normalized spacial score (nSPS) is 20.0. The highest BCUT2D eigenvalue weighted by Gasteiger charge is 2.30. The number of aryl methyl sites for hydroxylation is 2. The third kappa shape index (κ3) is 3.15. The van der Waals surface area contributed by atoms with Crippen molar-refractivity contribution in [1.82, 2.24) is 24.2 Å². The second kappa shape index (κ2) is 6.74. The first kappa shape index (κ1) is 16.5. The van der Waals surface area contributed by atoms with Gasteiger partial charge >= 0.3 is 4.87 Å². The smallest absolute Gasteiger partial charge is 0.307 e. The maximum Gasteiger partial charge on any atom is 0.307 e. The topological polar surface area (TPSA) is 73.0 Å². The molecular formula is C17H23N5O2S. The van der Waals surface area contributed by atoms with Gasteiger partial charge < -0.3 is 14.0 Å². The van der Waals surface area contributed by atoms with Gasteiger partial charge in [0.2, 0.25) is 5.91 Å². The van der Waals surface area contributed by atoms with Gasteiger partial charge in [0.25, 0.3) is 0 Å². The Labute approximate surface area is 150 Å². The zero-order chi connectivity index (χ0) is 17.4. The van der Waals surface area contributed by atoms with Crippen molar-refractivity contribution in [3.05, 3.63) is 32.4 Å². The second-order valence-electron chi connectivity index (χ2n) is 6.95.